The van der Waals surface area contributed by atoms with E-state index in [4.69, 9.17) is 14.6 Å². The summed E-state index contributed by atoms with van der Waals surface area (Å²) in [6.45, 7) is 4.95. The predicted octanol–water partition coefficient (Wildman–Crippen LogP) is 2.22. The molecule has 1 heterocycles. The number of ether oxygens (including phenoxy) is 1. The molecule has 13 heavy (non-hydrogen) atoms. The molecule has 0 radical (unpaired) electrons. The van der Waals surface area contributed by atoms with Crippen LogP contribution in [0.25, 0.3) is 0 Å². The quantitative estimate of drug-likeness (QED) is 0.531. The Hall–Kier alpha value is -0.830. The van der Waals surface area contributed by atoms with Gasteiger partial charge in [0.1, 0.15) is 0 Å². The van der Waals surface area contributed by atoms with Gasteiger partial charge in [0.25, 0.3) is 6.47 Å². The summed E-state index contributed by atoms with van der Waals surface area (Å²) < 4.78 is 5.62. The lowest BCUT2D eigenvalue weighted by Crippen LogP contribution is -2.30. The summed E-state index contributed by atoms with van der Waals surface area (Å²) in [7, 11) is 0. The van der Waals surface area contributed by atoms with Gasteiger partial charge in [0.05, 0.1) is 12.2 Å². The highest BCUT2D eigenvalue weighted by molar-refractivity contribution is 5.32. The lowest BCUT2D eigenvalue weighted by atomic mass is 9.95. The van der Waals surface area contributed by atoms with E-state index in [2.05, 4.69) is 26.0 Å². The molecule has 1 N–H and O–H groups in total. The second-order valence-electron chi connectivity index (χ2n) is 3.29. The molecule has 0 aromatic rings. The third kappa shape index (κ3) is 5.42. The van der Waals surface area contributed by atoms with Crippen molar-refractivity contribution in [1.29, 1.82) is 0 Å². The summed E-state index contributed by atoms with van der Waals surface area (Å²) in [5.74, 6) is 0. The molecule has 76 valence electrons. The standard InChI is InChI=1S/C9H16O.CH2O2/c1-3-6-9(2)7-4-5-8-10-9;2-1-3/h4-5H,3,6-8H2,1-2H3;1H,(H,2,3). The van der Waals surface area contributed by atoms with Gasteiger partial charge in [-0.1, -0.05) is 25.5 Å². The second-order valence-corrected chi connectivity index (χ2v) is 3.29. The Morgan fingerprint density at radius 3 is 2.62 bits per heavy atom. The first-order valence-electron chi connectivity index (χ1n) is 4.55. The van der Waals surface area contributed by atoms with E-state index < -0.39 is 0 Å². The van der Waals surface area contributed by atoms with Crippen molar-refractivity contribution in [2.45, 2.75) is 38.7 Å². The molecule has 0 fully saturated rings. The Bertz CT molecular complexity index is 166. The normalized spacial score (nSPS) is 26.0. The molecule has 0 saturated heterocycles. The first-order chi connectivity index (χ1) is 6.18. The van der Waals surface area contributed by atoms with Crippen molar-refractivity contribution in [2.75, 3.05) is 6.61 Å². The second kappa shape index (κ2) is 6.66. The molecule has 0 amide bonds. The smallest absolute Gasteiger partial charge is 0.290 e. The topological polar surface area (TPSA) is 46.5 Å². The molecule has 1 unspecified atom stereocenters. The minimum atomic E-state index is -0.250. The molecular formula is C10H18O3. The lowest BCUT2D eigenvalue weighted by Gasteiger charge is -2.30. The van der Waals surface area contributed by atoms with Crippen LogP contribution in [0.2, 0.25) is 0 Å². The van der Waals surface area contributed by atoms with Crippen molar-refractivity contribution in [3.05, 3.63) is 12.2 Å². The van der Waals surface area contributed by atoms with Gasteiger partial charge in [-0.3, -0.25) is 4.79 Å². The third-order valence-electron chi connectivity index (χ3n) is 2.02. The van der Waals surface area contributed by atoms with Gasteiger partial charge in [0, 0.05) is 0 Å². The zero-order chi connectivity index (χ0) is 10.2. The van der Waals surface area contributed by atoms with E-state index in [-0.39, 0.29) is 12.1 Å². The summed E-state index contributed by atoms with van der Waals surface area (Å²) in [6, 6.07) is 0. The molecule has 1 aliphatic rings. The van der Waals surface area contributed by atoms with E-state index in [0.717, 1.165) is 13.0 Å². The monoisotopic (exact) mass is 186 g/mol. The fraction of sp³-hybridized carbons (Fsp3) is 0.700. The molecule has 3 nitrogen and oxygen atoms in total. The summed E-state index contributed by atoms with van der Waals surface area (Å²) in [5, 5.41) is 6.89. The number of carbonyl (C=O) groups is 1. The van der Waals surface area contributed by atoms with Crippen LogP contribution in [0.3, 0.4) is 0 Å². The molecule has 3 heteroatoms. The van der Waals surface area contributed by atoms with Crippen LogP contribution in [-0.2, 0) is 9.53 Å². The van der Waals surface area contributed by atoms with Crippen LogP contribution in [-0.4, -0.2) is 23.8 Å². The molecular weight excluding hydrogens is 168 g/mol. The summed E-state index contributed by atoms with van der Waals surface area (Å²) >= 11 is 0. The van der Waals surface area contributed by atoms with Gasteiger partial charge in [-0.2, -0.15) is 0 Å². The molecule has 0 saturated carbocycles. The Morgan fingerprint density at radius 1 is 1.62 bits per heavy atom. The van der Waals surface area contributed by atoms with E-state index in [9.17, 15) is 0 Å². The fourth-order valence-corrected chi connectivity index (χ4v) is 1.41. The molecule has 1 atom stereocenters. The maximum atomic E-state index is 8.36. The van der Waals surface area contributed by atoms with Crippen molar-refractivity contribution in [3.8, 4) is 0 Å². The first-order valence-corrected chi connectivity index (χ1v) is 4.55. The Kier molecular flexibility index (Phi) is 6.24. The van der Waals surface area contributed by atoms with Crippen molar-refractivity contribution >= 4 is 6.47 Å². The number of rotatable bonds is 2. The Balaban J connectivity index is 0.000000424. The zero-order valence-corrected chi connectivity index (χ0v) is 8.32. The summed E-state index contributed by atoms with van der Waals surface area (Å²) in [5.41, 5.74) is 0.142. The van der Waals surface area contributed by atoms with Gasteiger partial charge in [-0.05, 0) is 19.8 Å². The highest BCUT2D eigenvalue weighted by atomic mass is 16.5. The lowest BCUT2D eigenvalue weighted by molar-refractivity contribution is -0.122. The average molecular weight is 186 g/mol. The molecule has 0 aliphatic carbocycles. The SMILES string of the molecule is CCCC1(C)CC=CCO1.O=CO. The number of hydrogen-bond acceptors (Lipinski definition) is 2. The van der Waals surface area contributed by atoms with Gasteiger partial charge in [0.2, 0.25) is 0 Å². The van der Waals surface area contributed by atoms with E-state index in [1.165, 1.54) is 12.8 Å². The van der Waals surface area contributed by atoms with E-state index in [0.29, 0.717) is 0 Å². The molecule has 0 spiro atoms. The highest BCUT2D eigenvalue weighted by Gasteiger charge is 2.23. The van der Waals surface area contributed by atoms with Crippen LogP contribution in [0.15, 0.2) is 12.2 Å². The molecule has 0 aromatic heterocycles. The summed E-state index contributed by atoms with van der Waals surface area (Å²) in [4.78, 5) is 8.36. The molecule has 1 rings (SSSR count). The highest BCUT2D eigenvalue weighted by Crippen LogP contribution is 2.24. The van der Waals surface area contributed by atoms with Crippen molar-refractivity contribution in [2.24, 2.45) is 0 Å². The average Bonchev–Trinajstić information content (AvgIpc) is 2.06. The van der Waals surface area contributed by atoms with Crippen LogP contribution in [0, 0.1) is 0 Å². The van der Waals surface area contributed by atoms with E-state index in [1.54, 1.807) is 0 Å². The van der Waals surface area contributed by atoms with Crippen LogP contribution in [0.4, 0.5) is 0 Å². The predicted molar refractivity (Wildman–Crippen MR) is 51.7 cm³/mol. The fourth-order valence-electron chi connectivity index (χ4n) is 1.41. The summed E-state index contributed by atoms with van der Waals surface area (Å²) in [6.07, 6.45) is 7.79. The minimum absolute atomic E-state index is 0.142. The van der Waals surface area contributed by atoms with Crippen LogP contribution >= 0.6 is 0 Å². The van der Waals surface area contributed by atoms with Crippen LogP contribution in [0.1, 0.15) is 33.1 Å². The maximum absolute atomic E-state index is 8.36. The Morgan fingerprint density at radius 2 is 2.23 bits per heavy atom. The minimum Gasteiger partial charge on any atom is -0.483 e. The molecule has 0 aromatic carbocycles. The van der Waals surface area contributed by atoms with Gasteiger partial charge in [0.15, 0.2) is 0 Å². The maximum Gasteiger partial charge on any atom is 0.290 e. The molecule has 0 bridgehead atoms. The van der Waals surface area contributed by atoms with Gasteiger partial charge >= 0.3 is 0 Å². The van der Waals surface area contributed by atoms with E-state index >= 15 is 0 Å². The van der Waals surface area contributed by atoms with Crippen LogP contribution < -0.4 is 0 Å². The number of hydrogen-bond donors (Lipinski definition) is 1. The van der Waals surface area contributed by atoms with Crippen LogP contribution in [0.5, 0.6) is 0 Å². The van der Waals surface area contributed by atoms with Crippen molar-refractivity contribution < 1.29 is 14.6 Å². The first kappa shape index (κ1) is 12.2. The Labute approximate surface area is 79.4 Å². The van der Waals surface area contributed by atoms with Crippen molar-refractivity contribution in [3.63, 3.8) is 0 Å². The van der Waals surface area contributed by atoms with E-state index in [1.807, 2.05) is 0 Å². The molecule has 1 aliphatic heterocycles. The largest absolute Gasteiger partial charge is 0.483 e. The third-order valence-corrected chi connectivity index (χ3v) is 2.02. The van der Waals surface area contributed by atoms with Gasteiger partial charge in [-0.25, -0.2) is 0 Å². The zero-order valence-electron chi connectivity index (χ0n) is 8.32. The van der Waals surface area contributed by atoms with Gasteiger partial charge < -0.3 is 9.84 Å². The van der Waals surface area contributed by atoms with Gasteiger partial charge in [-0.15, -0.1) is 0 Å². The number of carboxylic acid groups (broad SMARTS) is 1. The van der Waals surface area contributed by atoms with Crippen molar-refractivity contribution in [1.82, 2.24) is 0 Å².